The summed E-state index contributed by atoms with van der Waals surface area (Å²) in [7, 11) is 0. The summed E-state index contributed by atoms with van der Waals surface area (Å²) in [5.41, 5.74) is 5.94. The standard InChI is InChI=1S/C34H49N3O8/c1-6-11-24(32(42)27(38)15-16-29(40)36-31(33(35)43)23-12-8-7-9-13-23)18-28(39)26-14-10-17-37(26)34(44)25(22(4)5)19-30(41)45-20-21(2)3/h7-9,12-13,21-22,24-26,31H,6,10-11,14-20H2,1-5H3,(H2,35,43)(H,36,40)/t24?,25?,26-,31?/m0/s1. The molecule has 0 aliphatic carbocycles. The first-order valence-electron chi connectivity index (χ1n) is 16.0. The second-order valence-corrected chi connectivity index (χ2v) is 12.6. The number of likely N-dealkylation sites (tertiary alicyclic amines) is 1. The fourth-order valence-electron chi connectivity index (χ4n) is 5.51. The second-order valence-electron chi connectivity index (χ2n) is 12.6. The fraction of sp³-hybridized carbons (Fsp3) is 0.618. The van der Waals surface area contributed by atoms with Crippen molar-refractivity contribution in [3.05, 3.63) is 35.9 Å². The van der Waals surface area contributed by atoms with Crippen LogP contribution in [0.5, 0.6) is 0 Å². The Morgan fingerprint density at radius 2 is 1.64 bits per heavy atom. The summed E-state index contributed by atoms with van der Waals surface area (Å²) in [4.78, 5) is 91.4. The molecule has 3 N–H and O–H groups in total. The molecule has 4 atom stereocenters. The molecule has 11 nitrogen and oxygen atoms in total. The van der Waals surface area contributed by atoms with E-state index in [1.807, 2.05) is 34.6 Å². The lowest BCUT2D eigenvalue weighted by molar-refractivity contribution is -0.152. The van der Waals surface area contributed by atoms with Crippen LogP contribution in [0.2, 0.25) is 0 Å². The summed E-state index contributed by atoms with van der Waals surface area (Å²) in [5.74, 6) is -5.41. The van der Waals surface area contributed by atoms with Crippen molar-refractivity contribution in [2.45, 2.75) is 98.1 Å². The number of hydrogen-bond donors (Lipinski definition) is 2. The molecule has 0 radical (unpaired) electrons. The number of amides is 3. The van der Waals surface area contributed by atoms with Crippen molar-refractivity contribution in [3.8, 4) is 0 Å². The molecule has 0 saturated carbocycles. The van der Waals surface area contributed by atoms with E-state index in [0.717, 1.165) is 0 Å². The van der Waals surface area contributed by atoms with Crippen LogP contribution in [0.1, 0.15) is 97.6 Å². The largest absolute Gasteiger partial charge is 0.465 e. The Morgan fingerprint density at radius 1 is 0.978 bits per heavy atom. The van der Waals surface area contributed by atoms with Crippen molar-refractivity contribution >= 4 is 41.0 Å². The Bertz CT molecular complexity index is 1210. The number of ketones is 3. The van der Waals surface area contributed by atoms with Crippen LogP contribution >= 0.6 is 0 Å². The molecule has 1 heterocycles. The summed E-state index contributed by atoms with van der Waals surface area (Å²) in [6, 6.07) is 6.62. The number of primary amides is 1. The number of Topliss-reactive ketones (excluding diaryl/α,β-unsaturated/α-hetero) is 3. The maximum Gasteiger partial charge on any atom is 0.306 e. The zero-order valence-corrected chi connectivity index (χ0v) is 27.2. The van der Waals surface area contributed by atoms with Gasteiger partial charge in [-0.15, -0.1) is 0 Å². The van der Waals surface area contributed by atoms with Gasteiger partial charge in [-0.2, -0.15) is 0 Å². The number of nitrogens with two attached hydrogens (primary N) is 1. The third-order valence-corrected chi connectivity index (χ3v) is 8.03. The highest BCUT2D eigenvalue weighted by atomic mass is 16.5. The van der Waals surface area contributed by atoms with E-state index in [2.05, 4.69) is 5.32 Å². The quantitative estimate of drug-likeness (QED) is 0.173. The Balaban J connectivity index is 2.02. The molecule has 1 aliphatic rings. The number of nitrogens with zero attached hydrogens (tertiary/aromatic N) is 1. The van der Waals surface area contributed by atoms with Crippen LogP contribution in [0.25, 0.3) is 0 Å². The first-order valence-corrected chi connectivity index (χ1v) is 16.0. The van der Waals surface area contributed by atoms with E-state index in [4.69, 9.17) is 10.5 Å². The Labute approximate surface area is 266 Å². The lowest BCUT2D eigenvalue weighted by atomic mass is 9.87. The predicted octanol–water partition coefficient (Wildman–Crippen LogP) is 3.48. The number of nitrogens with one attached hydrogen (secondary N) is 1. The summed E-state index contributed by atoms with van der Waals surface area (Å²) in [5, 5.41) is 2.51. The molecule has 3 unspecified atom stereocenters. The van der Waals surface area contributed by atoms with Crippen LogP contribution in [0.3, 0.4) is 0 Å². The Hall–Kier alpha value is -3.89. The monoisotopic (exact) mass is 627 g/mol. The van der Waals surface area contributed by atoms with Gasteiger partial charge in [0, 0.05) is 31.7 Å². The molecule has 0 spiro atoms. The average molecular weight is 628 g/mol. The SMILES string of the molecule is CCCC(CC(=O)[C@@H]1CCCN1C(=O)C(CC(=O)OCC(C)C)C(C)C)C(=O)C(=O)CCC(=O)NC(C(N)=O)c1ccccc1. The minimum absolute atomic E-state index is 0.0782. The van der Waals surface area contributed by atoms with E-state index in [1.165, 1.54) is 4.90 Å². The summed E-state index contributed by atoms with van der Waals surface area (Å²) < 4.78 is 5.29. The zero-order chi connectivity index (χ0) is 33.7. The number of carbonyl (C=O) groups excluding carboxylic acids is 7. The van der Waals surface area contributed by atoms with Gasteiger partial charge in [-0.3, -0.25) is 33.6 Å². The highest BCUT2D eigenvalue weighted by molar-refractivity contribution is 6.38. The van der Waals surface area contributed by atoms with E-state index < -0.39 is 53.3 Å². The second kappa shape index (κ2) is 18.2. The summed E-state index contributed by atoms with van der Waals surface area (Å²) in [6.07, 6.45) is 0.931. The maximum atomic E-state index is 13.6. The first kappa shape index (κ1) is 37.3. The van der Waals surface area contributed by atoms with Crippen molar-refractivity contribution in [3.63, 3.8) is 0 Å². The molecule has 1 fully saturated rings. The van der Waals surface area contributed by atoms with Gasteiger partial charge in [0.05, 0.1) is 25.0 Å². The fourth-order valence-corrected chi connectivity index (χ4v) is 5.51. The topological polar surface area (TPSA) is 170 Å². The number of benzene rings is 1. The summed E-state index contributed by atoms with van der Waals surface area (Å²) in [6.45, 7) is 10.0. The average Bonchev–Trinajstić information content (AvgIpc) is 3.50. The van der Waals surface area contributed by atoms with Gasteiger partial charge < -0.3 is 20.7 Å². The smallest absolute Gasteiger partial charge is 0.306 e. The van der Waals surface area contributed by atoms with Crippen molar-refractivity contribution in [1.82, 2.24) is 10.2 Å². The van der Waals surface area contributed by atoms with Crippen molar-refractivity contribution < 1.29 is 38.3 Å². The van der Waals surface area contributed by atoms with E-state index in [9.17, 15) is 33.6 Å². The molecular formula is C34H49N3O8. The number of esters is 1. The van der Waals surface area contributed by atoms with Gasteiger partial charge in [0.25, 0.3) is 0 Å². The van der Waals surface area contributed by atoms with Crippen LogP contribution in [0.15, 0.2) is 30.3 Å². The minimum Gasteiger partial charge on any atom is -0.465 e. The van der Waals surface area contributed by atoms with Crippen LogP contribution in [-0.4, -0.2) is 65.1 Å². The minimum atomic E-state index is -1.08. The van der Waals surface area contributed by atoms with Gasteiger partial charge >= 0.3 is 5.97 Å². The van der Waals surface area contributed by atoms with Crippen LogP contribution in [-0.2, 0) is 38.3 Å². The molecule has 1 saturated heterocycles. The number of rotatable bonds is 19. The molecule has 0 aromatic heterocycles. The van der Waals surface area contributed by atoms with Gasteiger partial charge in [0.2, 0.25) is 23.5 Å². The molecule has 1 aromatic rings. The van der Waals surface area contributed by atoms with E-state index in [-0.39, 0.29) is 55.8 Å². The van der Waals surface area contributed by atoms with Crippen LogP contribution < -0.4 is 11.1 Å². The van der Waals surface area contributed by atoms with Crippen molar-refractivity contribution in [2.75, 3.05) is 13.2 Å². The van der Waals surface area contributed by atoms with E-state index in [1.54, 1.807) is 30.3 Å². The maximum absolute atomic E-state index is 13.6. The molecule has 45 heavy (non-hydrogen) atoms. The van der Waals surface area contributed by atoms with Crippen molar-refractivity contribution in [1.29, 1.82) is 0 Å². The highest BCUT2D eigenvalue weighted by Crippen LogP contribution is 2.28. The lowest BCUT2D eigenvalue weighted by Gasteiger charge is -2.30. The third-order valence-electron chi connectivity index (χ3n) is 8.03. The van der Waals surface area contributed by atoms with Gasteiger partial charge in [0.15, 0.2) is 11.6 Å². The van der Waals surface area contributed by atoms with Gasteiger partial charge in [0.1, 0.15) is 6.04 Å². The molecule has 2 rings (SSSR count). The van der Waals surface area contributed by atoms with E-state index >= 15 is 0 Å². The predicted molar refractivity (Wildman–Crippen MR) is 167 cm³/mol. The molecule has 1 aliphatic heterocycles. The molecule has 3 amide bonds. The normalized spacial score (nSPS) is 16.6. The first-order chi connectivity index (χ1) is 21.3. The highest BCUT2D eigenvalue weighted by Gasteiger charge is 2.40. The lowest BCUT2D eigenvalue weighted by Crippen LogP contribution is -2.46. The van der Waals surface area contributed by atoms with E-state index in [0.29, 0.717) is 37.8 Å². The molecule has 0 bridgehead atoms. The van der Waals surface area contributed by atoms with Crippen LogP contribution in [0.4, 0.5) is 0 Å². The molecule has 248 valence electrons. The summed E-state index contributed by atoms with van der Waals surface area (Å²) >= 11 is 0. The molecule has 1 aromatic carbocycles. The van der Waals surface area contributed by atoms with Gasteiger partial charge in [-0.05, 0) is 36.7 Å². The van der Waals surface area contributed by atoms with Gasteiger partial charge in [-0.1, -0.05) is 71.4 Å². The number of hydrogen-bond acceptors (Lipinski definition) is 8. The third kappa shape index (κ3) is 11.5. The van der Waals surface area contributed by atoms with Crippen molar-refractivity contribution in [2.24, 2.45) is 29.4 Å². The Kier molecular flexibility index (Phi) is 15.1. The molecule has 11 heteroatoms. The molecular weight excluding hydrogens is 578 g/mol. The van der Waals surface area contributed by atoms with Gasteiger partial charge in [-0.25, -0.2) is 0 Å². The Morgan fingerprint density at radius 3 is 2.22 bits per heavy atom. The zero-order valence-electron chi connectivity index (χ0n) is 27.2. The number of ether oxygens (including phenoxy) is 1. The van der Waals surface area contributed by atoms with Crippen LogP contribution in [0, 0.1) is 23.7 Å². The number of carbonyl (C=O) groups is 7.